The van der Waals surface area contributed by atoms with E-state index in [0.29, 0.717) is 22.7 Å². The third kappa shape index (κ3) is 5.26. The maximum atomic E-state index is 12.5. The van der Waals surface area contributed by atoms with Crippen LogP contribution in [0.4, 0.5) is 22.0 Å². The molecule has 2 amide bonds. The fraction of sp³-hybridized carbons (Fsp3) is 0.208. The zero-order chi connectivity index (χ0) is 24.4. The van der Waals surface area contributed by atoms with Gasteiger partial charge in [-0.25, -0.2) is 14.3 Å². The molecule has 0 unspecified atom stereocenters. The third-order valence-electron chi connectivity index (χ3n) is 5.82. The van der Waals surface area contributed by atoms with Gasteiger partial charge in [-0.1, -0.05) is 23.7 Å². The monoisotopic (exact) mass is 579 g/mol. The molecule has 0 spiro atoms. The molecule has 1 aliphatic heterocycles. The summed E-state index contributed by atoms with van der Waals surface area (Å²) in [6.45, 7) is 3.94. The molecule has 0 atom stereocenters. The summed E-state index contributed by atoms with van der Waals surface area (Å²) in [4.78, 5) is 19.0. The number of nitrogen functional groups attached to an aromatic ring is 1. The van der Waals surface area contributed by atoms with Gasteiger partial charge >= 0.3 is 6.03 Å². The predicted octanol–water partition coefficient (Wildman–Crippen LogP) is 2.85. The molecule has 4 aromatic rings. The second-order valence-corrected chi connectivity index (χ2v) is 9.40. The van der Waals surface area contributed by atoms with Gasteiger partial charge in [-0.15, -0.1) is 0 Å². The molecule has 1 saturated heterocycles. The number of carbonyl (C=O) groups excluding carboxylic acids is 1. The number of hydrogen-bond acceptors (Lipinski definition) is 6. The minimum Gasteiger partial charge on any atom is -0.382 e. The van der Waals surface area contributed by atoms with E-state index >= 15 is 0 Å². The molecular formula is C24H23BIN7O2. The maximum Gasteiger partial charge on any atom is 0.323 e. The van der Waals surface area contributed by atoms with Gasteiger partial charge in [0.15, 0.2) is 5.82 Å². The number of nitrogens with one attached hydrogen (secondary N) is 2. The van der Waals surface area contributed by atoms with Gasteiger partial charge in [0.25, 0.3) is 0 Å². The molecule has 9 nitrogen and oxygen atoms in total. The maximum absolute atomic E-state index is 12.5. The van der Waals surface area contributed by atoms with Crippen molar-refractivity contribution in [3.05, 3.63) is 64.1 Å². The Labute approximate surface area is 217 Å². The van der Waals surface area contributed by atoms with E-state index in [0.717, 1.165) is 58.8 Å². The number of carbonyl (C=O) groups is 1. The van der Waals surface area contributed by atoms with Crippen molar-refractivity contribution in [3.8, 4) is 11.1 Å². The summed E-state index contributed by atoms with van der Waals surface area (Å²) in [6, 6.07) is 14.6. The number of halogens is 1. The zero-order valence-electron chi connectivity index (χ0n) is 18.9. The van der Waals surface area contributed by atoms with Crippen molar-refractivity contribution in [2.24, 2.45) is 0 Å². The van der Waals surface area contributed by atoms with E-state index in [9.17, 15) is 4.79 Å². The lowest BCUT2D eigenvalue weighted by atomic mass is 9.96. The highest BCUT2D eigenvalue weighted by Gasteiger charge is 2.19. The fourth-order valence-corrected chi connectivity index (χ4v) is 4.79. The number of nitrogens with zero attached hydrogens (tertiary/aromatic N) is 4. The van der Waals surface area contributed by atoms with E-state index < -0.39 is 0 Å². The Bertz CT molecular complexity index is 1390. The van der Waals surface area contributed by atoms with Crippen LogP contribution in [0.1, 0.15) is 5.69 Å². The molecule has 0 bridgehead atoms. The van der Waals surface area contributed by atoms with Crippen LogP contribution in [0.5, 0.6) is 0 Å². The van der Waals surface area contributed by atoms with E-state index in [4.69, 9.17) is 18.3 Å². The number of benzene rings is 2. The quantitative estimate of drug-likeness (QED) is 0.248. The van der Waals surface area contributed by atoms with E-state index in [1.807, 2.05) is 22.7 Å². The Morgan fingerprint density at radius 2 is 1.97 bits per heavy atom. The smallest absolute Gasteiger partial charge is 0.323 e. The Kier molecular flexibility index (Phi) is 6.89. The number of morpholine rings is 1. The van der Waals surface area contributed by atoms with E-state index in [2.05, 4.69) is 54.3 Å². The molecule has 2 aromatic heterocycles. The molecule has 5 rings (SSSR count). The lowest BCUT2D eigenvalue weighted by Crippen LogP contribution is -2.36. The van der Waals surface area contributed by atoms with Crippen LogP contribution in [0.2, 0.25) is 0 Å². The van der Waals surface area contributed by atoms with Crippen molar-refractivity contribution in [1.82, 2.24) is 19.5 Å². The first kappa shape index (κ1) is 23.6. The number of ether oxygens (including phenoxy) is 1. The molecular weight excluding hydrogens is 556 g/mol. The number of amides is 2. The average Bonchev–Trinajstić information content (AvgIpc) is 3.20. The van der Waals surface area contributed by atoms with Crippen LogP contribution in [0, 0.1) is 3.57 Å². The SMILES string of the molecule is [B]c1cccc(NC(=O)Nc2ccc(-c3cc(CN4CCOCC4)n4ncnc(N)c34)cc2I)c1. The number of nitrogens with two attached hydrogens (primary N) is 1. The highest BCUT2D eigenvalue weighted by atomic mass is 127. The number of fused-ring (bicyclic) bond motifs is 1. The van der Waals surface area contributed by atoms with Crippen molar-refractivity contribution in [2.45, 2.75) is 6.54 Å². The standard InChI is InChI=1S/C24H23BIN7O2/c25-16-2-1-3-17(11-16)30-24(34)31-21-5-4-15(10-20(21)26)19-12-18(13-32-6-8-35-9-7-32)33-22(19)23(27)28-14-29-33/h1-5,10-12,14H,6-9,13H2,(H2,27,28,29)(H2,30,31,34). The molecule has 2 radical (unpaired) electrons. The predicted molar refractivity (Wildman–Crippen MR) is 146 cm³/mol. The molecule has 0 saturated carbocycles. The Morgan fingerprint density at radius 1 is 1.14 bits per heavy atom. The van der Waals surface area contributed by atoms with Gasteiger partial charge in [0.1, 0.15) is 19.7 Å². The number of anilines is 3. The number of urea groups is 1. The van der Waals surface area contributed by atoms with Crippen LogP contribution in [-0.4, -0.2) is 59.7 Å². The largest absolute Gasteiger partial charge is 0.382 e. The van der Waals surface area contributed by atoms with Crippen LogP contribution in [-0.2, 0) is 11.3 Å². The summed E-state index contributed by atoms with van der Waals surface area (Å²) < 4.78 is 8.22. The van der Waals surface area contributed by atoms with Crippen LogP contribution in [0.15, 0.2) is 54.9 Å². The Morgan fingerprint density at radius 3 is 2.74 bits per heavy atom. The first-order chi connectivity index (χ1) is 17.0. The number of hydrogen-bond donors (Lipinski definition) is 3. The van der Waals surface area contributed by atoms with Gasteiger partial charge in [0.2, 0.25) is 0 Å². The average molecular weight is 579 g/mol. The molecule has 3 heterocycles. The normalized spacial score (nSPS) is 14.2. The van der Waals surface area contributed by atoms with Gasteiger partial charge in [-0.2, -0.15) is 5.10 Å². The van der Waals surface area contributed by atoms with Crippen LogP contribution < -0.4 is 21.8 Å². The second kappa shape index (κ2) is 10.2. The molecule has 11 heteroatoms. The van der Waals surface area contributed by atoms with Crippen molar-refractivity contribution in [2.75, 3.05) is 42.7 Å². The van der Waals surface area contributed by atoms with Crippen molar-refractivity contribution in [3.63, 3.8) is 0 Å². The summed E-state index contributed by atoms with van der Waals surface area (Å²) in [5, 5.41) is 10.2. The van der Waals surface area contributed by atoms with Crippen LogP contribution in [0.3, 0.4) is 0 Å². The lowest BCUT2D eigenvalue weighted by Gasteiger charge is -2.26. The van der Waals surface area contributed by atoms with Gasteiger partial charge in [0.05, 0.1) is 24.6 Å². The number of aromatic nitrogens is 3. The van der Waals surface area contributed by atoms with E-state index in [-0.39, 0.29) is 6.03 Å². The van der Waals surface area contributed by atoms with Crippen molar-refractivity contribution < 1.29 is 9.53 Å². The Balaban J connectivity index is 1.41. The van der Waals surface area contributed by atoms with Crippen LogP contribution in [0.25, 0.3) is 16.6 Å². The molecule has 176 valence electrons. The first-order valence-electron chi connectivity index (χ1n) is 11.1. The second-order valence-electron chi connectivity index (χ2n) is 8.24. The first-order valence-corrected chi connectivity index (χ1v) is 12.2. The Hall–Kier alpha value is -3.16. The topological polar surface area (TPSA) is 110 Å². The summed E-state index contributed by atoms with van der Waals surface area (Å²) in [7, 11) is 5.79. The van der Waals surface area contributed by atoms with Gasteiger partial charge in [0, 0.05) is 34.5 Å². The molecule has 1 fully saturated rings. The van der Waals surface area contributed by atoms with E-state index in [1.54, 1.807) is 24.3 Å². The van der Waals surface area contributed by atoms with Crippen molar-refractivity contribution in [1.29, 1.82) is 0 Å². The van der Waals surface area contributed by atoms with E-state index in [1.165, 1.54) is 6.33 Å². The minimum atomic E-state index is -0.346. The highest BCUT2D eigenvalue weighted by molar-refractivity contribution is 14.1. The van der Waals surface area contributed by atoms with Gasteiger partial charge in [-0.05, 0) is 58.5 Å². The van der Waals surface area contributed by atoms with Crippen molar-refractivity contribution >= 4 is 64.6 Å². The fourth-order valence-electron chi connectivity index (χ4n) is 4.14. The highest BCUT2D eigenvalue weighted by Crippen LogP contribution is 2.33. The molecule has 1 aliphatic rings. The third-order valence-corrected chi connectivity index (χ3v) is 6.71. The lowest BCUT2D eigenvalue weighted by molar-refractivity contribution is 0.0334. The van der Waals surface area contributed by atoms with Gasteiger partial charge < -0.3 is 21.1 Å². The van der Waals surface area contributed by atoms with Gasteiger partial charge in [-0.3, -0.25) is 4.90 Å². The summed E-state index contributed by atoms with van der Waals surface area (Å²) in [5.74, 6) is 0.418. The molecule has 35 heavy (non-hydrogen) atoms. The summed E-state index contributed by atoms with van der Waals surface area (Å²) in [6.07, 6.45) is 1.48. The molecule has 2 aromatic carbocycles. The zero-order valence-corrected chi connectivity index (χ0v) is 21.0. The molecule has 0 aliphatic carbocycles. The summed E-state index contributed by atoms with van der Waals surface area (Å²) >= 11 is 2.21. The van der Waals surface area contributed by atoms with Crippen LogP contribution >= 0.6 is 22.6 Å². The number of rotatable bonds is 5. The molecule has 4 N–H and O–H groups in total. The minimum absolute atomic E-state index is 0.346. The summed E-state index contributed by atoms with van der Waals surface area (Å²) in [5.41, 5.74) is 11.9.